The molecule has 0 radical (unpaired) electrons. The van der Waals surface area contributed by atoms with Gasteiger partial charge in [-0.05, 0) is 48.5 Å². The van der Waals surface area contributed by atoms with Gasteiger partial charge in [0.1, 0.15) is 0 Å². The van der Waals surface area contributed by atoms with Crippen molar-refractivity contribution in [2.24, 2.45) is 0 Å². The SMILES string of the molecule is Nc1ccc(C(=O)c2ccc(NS(=O)(=O)O)cc2)cc1. The molecule has 4 N–H and O–H groups in total. The molecule has 0 bridgehead atoms. The summed E-state index contributed by atoms with van der Waals surface area (Å²) in [7, 11) is -4.32. The van der Waals surface area contributed by atoms with E-state index in [1.807, 2.05) is 4.72 Å². The van der Waals surface area contributed by atoms with Gasteiger partial charge < -0.3 is 5.73 Å². The lowest BCUT2D eigenvalue weighted by molar-refractivity contribution is 0.103. The van der Waals surface area contributed by atoms with E-state index >= 15 is 0 Å². The standard InChI is InChI=1S/C13H12N2O4S/c14-11-5-1-9(2-6-11)13(16)10-3-7-12(8-4-10)15-20(17,18)19/h1-8,15H,14H2,(H,17,18,19). The Morgan fingerprint density at radius 2 is 1.40 bits per heavy atom. The number of nitrogen functional groups attached to an aromatic ring is 1. The van der Waals surface area contributed by atoms with Crippen molar-refractivity contribution in [1.29, 1.82) is 0 Å². The molecule has 2 aromatic rings. The van der Waals surface area contributed by atoms with Gasteiger partial charge in [0, 0.05) is 16.8 Å². The summed E-state index contributed by atoms with van der Waals surface area (Å²) in [5.74, 6) is -0.205. The zero-order valence-electron chi connectivity index (χ0n) is 10.3. The molecule has 0 atom stereocenters. The fraction of sp³-hybridized carbons (Fsp3) is 0. The quantitative estimate of drug-likeness (QED) is 0.451. The highest BCUT2D eigenvalue weighted by atomic mass is 32.2. The molecule has 0 saturated carbocycles. The first-order valence-electron chi connectivity index (χ1n) is 5.61. The average Bonchev–Trinajstić information content (AvgIpc) is 2.38. The van der Waals surface area contributed by atoms with Gasteiger partial charge in [-0.1, -0.05) is 0 Å². The number of nitrogens with two attached hydrogens (primary N) is 1. The summed E-state index contributed by atoms with van der Waals surface area (Å²) in [6, 6.07) is 12.2. The zero-order valence-corrected chi connectivity index (χ0v) is 11.1. The molecule has 0 aliphatic rings. The van der Waals surface area contributed by atoms with Crippen LogP contribution in [0.25, 0.3) is 0 Å². The summed E-state index contributed by atoms with van der Waals surface area (Å²) < 4.78 is 31.8. The van der Waals surface area contributed by atoms with E-state index in [-0.39, 0.29) is 11.5 Å². The molecule has 6 nitrogen and oxygen atoms in total. The Labute approximate surface area is 116 Å². The Morgan fingerprint density at radius 1 is 0.950 bits per heavy atom. The fourth-order valence-electron chi connectivity index (χ4n) is 1.64. The normalized spacial score (nSPS) is 11.1. The number of nitrogens with one attached hydrogen (secondary N) is 1. The van der Waals surface area contributed by atoms with Crippen molar-refractivity contribution < 1.29 is 17.8 Å². The minimum atomic E-state index is -4.32. The van der Waals surface area contributed by atoms with Crippen molar-refractivity contribution in [3.05, 3.63) is 59.7 Å². The topological polar surface area (TPSA) is 109 Å². The summed E-state index contributed by atoms with van der Waals surface area (Å²) in [6.45, 7) is 0. The van der Waals surface area contributed by atoms with Crippen molar-refractivity contribution in [2.45, 2.75) is 0 Å². The lowest BCUT2D eigenvalue weighted by Gasteiger charge is -2.05. The molecule has 0 amide bonds. The molecule has 2 aromatic carbocycles. The maximum Gasteiger partial charge on any atom is 0.357 e. The molecule has 0 heterocycles. The smallest absolute Gasteiger partial charge is 0.357 e. The first kappa shape index (κ1) is 14.0. The van der Waals surface area contributed by atoms with Gasteiger partial charge in [0.15, 0.2) is 5.78 Å². The molecule has 0 unspecified atom stereocenters. The molecular formula is C13H12N2O4S. The molecule has 0 spiro atoms. The largest absolute Gasteiger partial charge is 0.399 e. The van der Waals surface area contributed by atoms with Crippen LogP contribution in [0.4, 0.5) is 11.4 Å². The molecule has 0 aliphatic heterocycles. The zero-order chi connectivity index (χ0) is 14.8. The van der Waals surface area contributed by atoms with Crippen molar-refractivity contribution in [3.8, 4) is 0 Å². The molecule has 104 valence electrons. The lowest BCUT2D eigenvalue weighted by Crippen LogP contribution is -2.10. The van der Waals surface area contributed by atoms with Crippen LogP contribution in [-0.2, 0) is 10.3 Å². The van der Waals surface area contributed by atoms with E-state index in [2.05, 4.69) is 0 Å². The summed E-state index contributed by atoms with van der Waals surface area (Å²) >= 11 is 0. The Hall–Kier alpha value is -2.38. The minimum absolute atomic E-state index is 0.168. The third-order valence-electron chi connectivity index (χ3n) is 2.57. The predicted molar refractivity (Wildman–Crippen MR) is 75.9 cm³/mol. The Morgan fingerprint density at radius 3 is 1.85 bits per heavy atom. The predicted octanol–water partition coefficient (Wildman–Crippen LogP) is 1.71. The third kappa shape index (κ3) is 3.56. The summed E-state index contributed by atoms with van der Waals surface area (Å²) in [5, 5.41) is 0. The van der Waals surface area contributed by atoms with Gasteiger partial charge in [-0.3, -0.25) is 14.1 Å². The third-order valence-corrected chi connectivity index (χ3v) is 3.06. The molecule has 7 heteroatoms. The number of ketones is 1. The molecule has 0 saturated heterocycles. The van der Waals surface area contributed by atoms with Gasteiger partial charge >= 0.3 is 10.3 Å². The van der Waals surface area contributed by atoms with E-state index in [1.54, 1.807) is 24.3 Å². The Kier molecular flexibility index (Phi) is 3.73. The Balaban J connectivity index is 2.21. The number of rotatable bonds is 4. The highest BCUT2D eigenvalue weighted by molar-refractivity contribution is 7.87. The maximum atomic E-state index is 12.1. The maximum absolute atomic E-state index is 12.1. The number of benzene rings is 2. The summed E-state index contributed by atoms with van der Waals surface area (Å²) in [4.78, 5) is 12.1. The molecule has 2 rings (SSSR count). The van der Waals surface area contributed by atoms with E-state index in [4.69, 9.17) is 10.3 Å². The summed E-state index contributed by atoms with van der Waals surface area (Å²) in [6.07, 6.45) is 0. The number of hydrogen-bond donors (Lipinski definition) is 3. The van der Waals surface area contributed by atoms with Gasteiger partial charge in [-0.2, -0.15) is 8.42 Å². The van der Waals surface area contributed by atoms with Gasteiger partial charge in [0.2, 0.25) is 0 Å². The first-order valence-corrected chi connectivity index (χ1v) is 7.05. The summed E-state index contributed by atoms with van der Waals surface area (Å²) in [5.41, 5.74) is 7.16. The number of carbonyl (C=O) groups is 1. The molecular weight excluding hydrogens is 280 g/mol. The van der Waals surface area contributed by atoms with E-state index in [9.17, 15) is 13.2 Å². The number of hydrogen-bond acceptors (Lipinski definition) is 4. The van der Waals surface area contributed by atoms with Crippen LogP contribution < -0.4 is 10.5 Å². The van der Waals surface area contributed by atoms with Crippen LogP contribution in [0.1, 0.15) is 15.9 Å². The van der Waals surface area contributed by atoms with Gasteiger partial charge in [-0.25, -0.2) is 0 Å². The van der Waals surface area contributed by atoms with Crippen LogP contribution in [0, 0.1) is 0 Å². The van der Waals surface area contributed by atoms with Crippen molar-refractivity contribution in [2.75, 3.05) is 10.5 Å². The average molecular weight is 292 g/mol. The molecule has 0 aromatic heterocycles. The van der Waals surface area contributed by atoms with Crippen molar-refractivity contribution >= 4 is 27.5 Å². The highest BCUT2D eigenvalue weighted by Gasteiger charge is 2.09. The number of anilines is 2. The minimum Gasteiger partial charge on any atom is -0.399 e. The number of carbonyl (C=O) groups excluding carboxylic acids is 1. The van der Waals surface area contributed by atoms with Crippen molar-refractivity contribution in [1.82, 2.24) is 0 Å². The first-order chi connectivity index (χ1) is 9.35. The van der Waals surface area contributed by atoms with Crippen LogP contribution in [0.3, 0.4) is 0 Å². The van der Waals surface area contributed by atoms with Crippen LogP contribution in [0.5, 0.6) is 0 Å². The van der Waals surface area contributed by atoms with Crippen LogP contribution in [-0.4, -0.2) is 18.8 Å². The van der Waals surface area contributed by atoms with Gasteiger partial charge in [0.05, 0.1) is 5.69 Å². The van der Waals surface area contributed by atoms with Crippen LogP contribution in [0.2, 0.25) is 0 Å². The van der Waals surface area contributed by atoms with E-state index < -0.39 is 10.3 Å². The second kappa shape index (κ2) is 5.32. The van der Waals surface area contributed by atoms with E-state index in [0.29, 0.717) is 16.8 Å². The lowest BCUT2D eigenvalue weighted by atomic mass is 10.0. The van der Waals surface area contributed by atoms with Gasteiger partial charge in [-0.15, -0.1) is 0 Å². The monoisotopic (exact) mass is 292 g/mol. The Bertz CT molecular complexity index is 722. The molecule has 20 heavy (non-hydrogen) atoms. The second-order valence-corrected chi connectivity index (χ2v) is 5.26. The second-order valence-electron chi connectivity index (χ2n) is 4.11. The highest BCUT2D eigenvalue weighted by Crippen LogP contribution is 2.15. The van der Waals surface area contributed by atoms with E-state index in [0.717, 1.165) is 0 Å². The van der Waals surface area contributed by atoms with Gasteiger partial charge in [0.25, 0.3) is 0 Å². The van der Waals surface area contributed by atoms with Crippen LogP contribution in [0.15, 0.2) is 48.5 Å². The van der Waals surface area contributed by atoms with Crippen LogP contribution >= 0.6 is 0 Å². The molecule has 0 fully saturated rings. The molecule has 0 aliphatic carbocycles. The fourth-order valence-corrected chi connectivity index (χ4v) is 2.07. The van der Waals surface area contributed by atoms with E-state index in [1.165, 1.54) is 24.3 Å². The van der Waals surface area contributed by atoms with Crippen molar-refractivity contribution in [3.63, 3.8) is 0 Å².